The lowest BCUT2D eigenvalue weighted by molar-refractivity contribution is -0.122. The van der Waals surface area contributed by atoms with Crippen molar-refractivity contribution in [3.8, 4) is 0 Å². The van der Waals surface area contributed by atoms with Crippen LogP contribution >= 0.6 is 0 Å². The molecule has 0 aromatic rings. The van der Waals surface area contributed by atoms with Gasteiger partial charge in [-0.05, 0) is 263 Å². The van der Waals surface area contributed by atoms with Crippen molar-refractivity contribution >= 4 is 0 Å². The Kier molecular flexibility index (Phi) is 20.1. The van der Waals surface area contributed by atoms with Crippen LogP contribution in [0, 0.1) is 115 Å². The van der Waals surface area contributed by atoms with Crippen molar-refractivity contribution < 1.29 is 0 Å². The smallest absolute Gasteiger partial charge is 0.0246 e. The van der Waals surface area contributed by atoms with E-state index in [0.717, 1.165) is 93.2 Å². The molecule has 0 saturated heterocycles. The highest BCUT2D eigenvalue weighted by Crippen LogP contribution is 2.66. The van der Waals surface area contributed by atoms with Crippen LogP contribution in [0.5, 0.6) is 0 Å². The molecule has 0 spiro atoms. The van der Waals surface area contributed by atoms with Crippen molar-refractivity contribution in [3.05, 3.63) is 0 Å². The van der Waals surface area contributed by atoms with Gasteiger partial charge < -0.3 is 0 Å². The molecular formula is C71H130. The zero-order chi connectivity index (χ0) is 51.5. The van der Waals surface area contributed by atoms with Crippen molar-refractivity contribution in [2.45, 2.75) is 335 Å². The van der Waals surface area contributed by atoms with Crippen LogP contribution in [0.25, 0.3) is 0 Å². The zero-order valence-electron chi connectivity index (χ0n) is 51.5. The fourth-order valence-electron chi connectivity index (χ4n) is 20.6. The Labute approximate surface area is 447 Å². The van der Waals surface area contributed by atoms with Crippen molar-refractivity contribution in [1.82, 2.24) is 0 Å². The van der Waals surface area contributed by atoms with Crippen LogP contribution in [0.1, 0.15) is 335 Å². The lowest BCUT2D eigenvalue weighted by atomic mass is 9.43. The van der Waals surface area contributed by atoms with Gasteiger partial charge in [-0.3, -0.25) is 0 Å². The van der Waals surface area contributed by atoms with Crippen molar-refractivity contribution in [3.63, 3.8) is 0 Å². The molecule has 16 rings (SSSR count). The van der Waals surface area contributed by atoms with Gasteiger partial charge in [0.25, 0.3) is 0 Å². The molecule has 0 heterocycles. The average Bonchev–Trinajstić information content (AvgIpc) is 3.97. The van der Waals surface area contributed by atoms with E-state index in [2.05, 4.69) is 104 Å². The summed E-state index contributed by atoms with van der Waals surface area (Å²) in [5.74, 6) is 14.3. The van der Waals surface area contributed by atoms with E-state index in [9.17, 15) is 0 Å². The van der Waals surface area contributed by atoms with Gasteiger partial charge in [0.2, 0.25) is 0 Å². The van der Waals surface area contributed by atoms with Crippen molar-refractivity contribution in [1.29, 1.82) is 0 Å². The first-order valence-electron chi connectivity index (χ1n) is 33.4. The van der Waals surface area contributed by atoms with Crippen LogP contribution in [-0.4, -0.2) is 0 Å². The second-order valence-corrected chi connectivity index (χ2v) is 33.3. The van der Waals surface area contributed by atoms with Gasteiger partial charge in [-0.1, -0.05) is 187 Å². The molecule has 0 aromatic carbocycles. The molecule has 71 heavy (non-hydrogen) atoms. The van der Waals surface area contributed by atoms with E-state index in [1.807, 2.05) is 0 Å². The lowest BCUT2D eigenvalue weighted by Crippen LogP contribution is -2.53. The maximum Gasteiger partial charge on any atom is -0.0246 e. The van der Waals surface area contributed by atoms with Crippen molar-refractivity contribution in [2.24, 2.45) is 115 Å². The van der Waals surface area contributed by atoms with E-state index < -0.39 is 0 Å². The predicted octanol–water partition coefficient (Wildman–Crippen LogP) is 23.3. The van der Waals surface area contributed by atoms with Gasteiger partial charge in [-0.25, -0.2) is 0 Å². The molecule has 414 valence electrons. The van der Waals surface area contributed by atoms with E-state index in [4.69, 9.17) is 0 Å². The Morgan fingerprint density at radius 2 is 0.549 bits per heavy atom. The largest absolute Gasteiger partial charge is 0.0649 e. The molecule has 0 unspecified atom stereocenters. The average molecular weight is 984 g/mol. The number of rotatable bonds is 4. The molecule has 16 aliphatic rings. The Balaban J connectivity index is 0.000000124. The molecule has 0 aliphatic heterocycles. The Morgan fingerprint density at radius 3 is 0.775 bits per heavy atom. The molecule has 0 nitrogen and oxygen atoms in total. The van der Waals surface area contributed by atoms with Gasteiger partial charge in [0.15, 0.2) is 0 Å². The summed E-state index contributed by atoms with van der Waals surface area (Å²) in [6.45, 7) is 36.6. The maximum absolute atomic E-state index is 2.60. The van der Waals surface area contributed by atoms with Gasteiger partial charge in [-0.15, -0.1) is 0 Å². The lowest BCUT2D eigenvalue weighted by Gasteiger charge is -2.62. The molecule has 0 aromatic heterocycles. The Morgan fingerprint density at radius 1 is 0.296 bits per heavy atom. The Hall–Kier alpha value is 0. The van der Waals surface area contributed by atoms with E-state index in [0.29, 0.717) is 21.7 Å². The minimum Gasteiger partial charge on any atom is -0.0649 e. The fourth-order valence-corrected chi connectivity index (χ4v) is 20.6. The summed E-state index contributed by atoms with van der Waals surface area (Å²) in [5, 5.41) is 0. The highest BCUT2D eigenvalue weighted by Gasteiger charge is 2.56. The molecule has 16 fully saturated rings. The van der Waals surface area contributed by atoms with Crippen LogP contribution in [0.3, 0.4) is 0 Å². The normalized spacial score (nSPS) is 43.1. The zero-order valence-corrected chi connectivity index (χ0v) is 51.5. The van der Waals surface area contributed by atoms with E-state index in [-0.39, 0.29) is 0 Å². The van der Waals surface area contributed by atoms with E-state index in [1.165, 1.54) is 135 Å². The summed E-state index contributed by atoms with van der Waals surface area (Å²) in [7, 11) is 0. The Bertz CT molecular complexity index is 1470. The molecule has 0 radical (unpaired) electrons. The summed E-state index contributed by atoms with van der Waals surface area (Å²) in [4.78, 5) is 0. The third kappa shape index (κ3) is 14.6. The second kappa shape index (κ2) is 24.3. The monoisotopic (exact) mass is 983 g/mol. The third-order valence-corrected chi connectivity index (χ3v) is 26.9. The molecule has 0 amide bonds. The van der Waals surface area contributed by atoms with Crippen LogP contribution < -0.4 is 0 Å². The van der Waals surface area contributed by atoms with Gasteiger partial charge in [0, 0.05) is 0 Å². The van der Waals surface area contributed by atoms with Crippen LogP contribution in [0.4, 0.5) is 0 Å². The first-order chi connectivity index (χ1) is 33.4. The summed E-state index contributed by atoms with van der Waals surface area (Å²) < 4.78 is 0. The predicted molar refractivity (Wildman–Crippen MR) is 314 cm³/mol. The second-order valence-electron chi connectivity index (χ2n) is 33.3. The third-order valence-electron chi connectivity index (χ3n) is 26.9. The fraction of sp³-hybridized carbons (Fsp3) is 1.00. The first kappa shape index (κ1) is 58.7. The molecule has 0 N–H and O–H groups in total. The summed E-state index contributed by atoms with van der Waals surface area (Å²) in [6, 6.07) is 0. The molecule has 0 heteroatoms. The molecule has 16 aliphatic carbocycles. The quantitative estimate of drug-likeness (QED) is 0.263. The summed E-state index contributed by atoms with van der Waals surface area (Å²) in [5.41, 5.74) is 4.98. The molecule has 12 bridgehead atoms. The van der Waals surface area contributed by atoms with E-state index in [1.54, 1.807) is 96.3 Å². The highest BCUT2D eigenvalue weighted by molar-refractivity contribution is 5.06. The minimum atomic E-state index is 0.679. The molecular weight excluding hydrogens is 853 g/mol. The standard InChI is InChI=1S/C14H24.C13H22.C12H20.C9H18.2C8H16.C7H14/c1-9(2)14(3)12-5-10-4-11(7-12)8-13(14)6-10;1-3-13(2)11-5-9-4-10(7-11)8-12(13)6-9;1-12(2)10-4-8-3-9(6-10)7-11(12)5-8;1-3-9(2)7-5-4-6-8-9;1-8(2)6-4-3-5-7-8;1-3-8(2)6-4-5-7-8;1-7(2)5-3-4-6-7/h9-13H,4-8H2,1-3H3;9-12H,3-8H2,1-2H3;8-11H,3-7H2,1-2H3;3-8H2,1-2H3;2*3-7H2,1-2H3;3-6H2,1-2H3. The van der Waals surface area contributed by atoms with Crippen LogP contribution in [-0.2, 0) is 0 Å². The molecule has 16 saturated carbocycles. The topological polar surface area (TPSA) is 0 Å². The maximum atomic E-state index is 2.60. The summed E-state index contributed by atoms with van der Waals surface area (Å²) in [6.07, 6.45) is 54.3. The van der Waals surface area contributed by atoms with Gasteiger partial charge in [0.1, 0.15) is 0 Å². The van der Waals surface area contributed by atoms with Gasteiger partial charge >= 0.3 is 0 Å². The number of hydrogen-bond donors (Lipinski definition) is 0. The van der Waals surface area contributed by atoms with Crippen molar-refractivity contribution in [2.75, 3.05) is 0 Å². The SMILES string of the molecule is CC(C)C1(C)C2CC3CC(C2)CC1C3.CC1(C)C2CC3CC(C2)CC1C3.CC1(C)CCCC1.CC1(C)CCCCC1.CCC1(C)C2CC3CC(C2)CC1C3.CCC1(C)CCCC1.CCC1(C)CCCCC1. The van der Waals surface area contributed by atoms with E-state index >= 15 is 0 Å². The van der Waals surface area contributed by atoms with Crippen LogP contribution in [0.15, 0.2) is 0 Å². The minimum absolute atomic E-state index is 0.679. The van der Waals surface area contributed by atoms with Gasteiger partial charge in [-0.2, -0.15) is 0 Å². The highest BCUT2D eigenvalue weighted by atomic mass is 14.6. The number of hydrogen-bond acceptors (Lipinski definition) is 0. The molecule has 0 atom stereocenters. The first-order valence-corrected chi connectivity index (χ1v) is 33.4. The van der Waals surface area contributed by atoms with Gasteiger partial charge in [0.05, 0.1) is 0 Å². The summed E-state index contributed by atoms with van der Waals surface area (Å²) >= 11 is 0. The van der Waals surface area contributed by atoms with Crippen LogP contribution in [0.2, 0.25) is 0 Å².